The van der Waals surface area contributed by atoms with Gasteiger partial charge in [-0.05, 0) is 38.4 Å². The number of hydrogen-bond acceptors (Lipinski definition) is 4. The van der Waals surface area contributed by atoms with Crippen LogP contribution >= 0.6 is 11.8 Å². The van der Waals surface area contributed by atoms with Crippen LogP contribution in [0.15, 0.2) is 0 Å². The number of carbonyl (C=O) groups is 2. The Balaban J connectivity index is 1.87. The molecule has 0 saturated carbocycles. The van der Waals surface area contributed by atoms with Crippen molar-refractivity contribution in [3.63, 3.8) is 0 Å². The van der Waals surface area contributed by atoms with E-state index in [-0.39, 0.29) is 11.4 Å². The number of carboxylic acid groups (broad SMARTS) is 1. The summed E-state index contributed by atoms with van der Waals surface area (Å²) in [7, 11) is 2.11. The zero-order valence-electron chi connectivity index (χ0n) is 12.8. The van der Waals surface area contributed by atoms with Crippen LogP contribution in [0.2, 0.25) is 0 Å². The Kier molecular flexibility index (Phi) is 5.37. The second-order valence-corrected chi connectivity index (χ2v) is 7.54. The van der Waals surface area contributed by atoms with E-state index in [9.17, 15) is 14.7 Å². The van der Waals surface area contributed by atoms with Crippen molar-refractivity contribution < 1.29 is 14.7 Å². The first-order valence-corrected chi connectivity index (χ1v) is 8.60. The first-order valence-electron chi connectivity index (χ1n) is 7.45. The van der Waals surface area contributed by atoms with Crippen LogP contribution in [0.25, 0.3) is 0 Å². The van der Waals surface area contributed by atoms with E-state index in [1.807, 2.05) is 0 Å². The number of carbonyl (C=O) groups excluding carboxylic acids is 1. The quantitative estimate of drug-likeness (QED) is 0.810. The molecule has 2 heterocycles. The fraction of sp³-hybridized carbons (Fsp3) is 0.857. The molecule has 2 rings (SSSR count). The molecule has 120 valence electrons. The standard InChI is InChI=1S/C14H25N3O3S/c1-14(3-5-16(2)6-4-14)10-15-13(20)17-7-8-21-9-11(17)12(18)19/h11H,3-10H2,1-2H3,(H,15,20)(H,18,19). The van der Waals surface area contributed by atoms with Gasteiger partial charge in [-0.3, -0.25) is 0 Å². The number of nitrogens with one attached hydrogen (secondary N) is 1. The van der Waals surface area contributed by atoms with Crippen LogP contribution < -0.4 is 5.32 Å². The molecule has 2 aliphatic heterocycles. The molecular formula is C14H25N3O3S. The lowest BCUT2D eigenvalue weighted by atomic mass is 9.80. The Morgan fingerprint density at radius 3 is 2.62 bits per heavy atom. The Labute approximate surface area is 130 Å². The molecule has 0 aromatic rings. The summed E-state index contributed by atoms with van der Waals surface area (Å²) in [4.78, 5) is 27.3. The summed E-state index contributed by atoms with van der Waals surface area (Å²) in [6.07, 6.45) is 2.12. The number of nitrogens with zero attached hydrogens (tertiary/aromatic N) is 2. The number of amides is 2. The van der Waals surface area contributed by atoms with E-state index in [4.69, 9.17) is 0 Å². The summed E-state index contributed by atoms with van der Waals surface area (Å²) in [5.41, 5.74) is 0.116. The summed E-state index contributed by atoms with van der Waals surface area (Å²) in [6.45, 7) is 5.42. The van der Waals surface area contributed by atoms with Gasteiger partial charge in [-0.1, -0.05) is 6.92 Å². The molecule has 0 aliphatic carbocycles. The topological polar surface area (TPSA) is 72.9 Å². The van der Waals surface area contributed by atoms with E-state index in [1.54, 1.807) is 11.8 Å². The molecular weight excluding hydrogens is 290 g/mol. The van der Waals surface area contributed by atoms with E-state index >= 15 is 0 Å². The largest absolute Gasteiger partial charge is 0.480 e. The first kappa shape index (κ1) is 16.4. The van der Waals surface area contributed by atoms with Gasteiger partial charge in [0.05, 0.1) is 0 Å². The molecule has 0 spiro atoms. The highest BCUT2D eigenvalue weighted by molar-refractivity contribution is 7.99. The molecule has 0 bridgehead atoms. The van der Waals surface area contributed by atoms with Gasteiger partial charge < -0.3 is 20.2 Å². The van der Waals surface area contributed by atoms with Gasteiger partial charge in [-0.2, -0.15) is 11.8 Å². The Morgan fingerprint density at radius 2 is 2.00 bits per heavy atom. The van der Waals surface area contributed by atoms with E-state index < -0.39 is 12.0 Å². The lowest BCUT2D eigenvalue weighted by molar-refractivity contribution is -0.141. The molecule has 21 heavy (non-hydrogen) atoms. The van der Waals surface area contributed by atoms with Crippen molar-refractivity contribution in [2.24, 2.45) is 5.41 Å². The first-order chi connectivity index (χ1) is 9.91. The van der Waals surface area contributed by atoms with Crippen LogP contribution in [-0.4, -0.2) is 77.7 Å². The summed E-state index contributed by atoms with van der Waals surface area (Å²) in [5, 5.41) is 12.2. The molecule has 2 amide bonds. The van der Waals surface area contributed by atoms with Gasteiger partial charge in [0.25, 0.3) is 0 Å². The minimum Gasteiger partial charge on any atom is -0.480 e. The van der Waals surface area contributed by atoms with Crippen molar-refractivity contribution in [1.82, 2.24) is 15.1 Å². The number of rotatable bonds is 3. The minimum atomic E-state index is -0.914. The average molecular weight is 315 g/mol. The minimum absolute atomic E-state index is 0.116. The highest BCUT2D eigenvalue weighted by atomic mass is 32.2. The van der Waals surface area contributed by atoms with Crippen LogP contribution in [0.1, 0.15) is 19.8 Å². The van der Waals surface area contributed by atoms with Crippen molar-refractivity contribution in [3.8, 4) is 0 Å². The molecule has 2 aliphatic rings. The van der Waals surface area contributed by atoms with E-state index in [0.717, 1.165) is 31.7 Å². The highest BCUT2D eigenvalue weighted by Gasteiger charge is 2.34. The summed E-state index contributed by atoms with van der Waals surface area (Å²) < 4.78 is 0. The fourth-order valence-corrected chi connectivity index (χ4v) is 3.82. The zero-order chi connectivity index (χ0) is 15.5. The maximum Gasteiger partial charge on any atom is 0.327 e. The predicted octanol–water partition coefficient (Wildman–Crippen LogP) is 0.930. The van der Waals surface area contributed by atoms with Crippen molar-refractivity contribution in [1.29, 1.82) is 0 Å². The molecule has 2 N–H and O–H groups in total. The molecule has 1 atom stereocenters. The van der Waals surface area contributed by atoms with Crippen LogP contribution in [0, 0.1) is 5.41 Å². The smallest absolute Gasteiger partial charge is 0.327 e. The maximum atomic E-state index is 12.3. The van der Waals surface area contributed by atoms with Crippen molar-refractivity contribution >= 4 is 23.8 Å². The summed E-state index contributed by atoms with van der Waals surface area (Å²) >= 11 is 1.59. The molecule has 0 aromatic carbocycles. The van der Waals surface area contributed by atoms with Crippen molar-refractivity contribution in [2.45, 2.75) is 25.8 Å². The van der Waals surface area contributed by atoms with Gasteiger partial charge in [0.1, 0.15) is 6.04 Å². The van der Waals surface area contributed by atoms with Gasteiger partial charge in [-0.25, -0.2) is 9.59 Å². The zero-order valence-corrected chi connectivity index (χ0v) is 13.6. The second-order valence-electron chi connectivity index (χ2n) is 6.39. The molecule has 2 fully saturated rings. The molecule has 0 radical (unpaired) electrons. The lowest BCUT2D eigenvalue weighted by Gasteiger charge is -2.39. The molecule has 6 nitrogen and oxygen atoms in total. The Morgan fingerprint density at radius 1 is 1.33 bits per heavy atom. The van der Waals surface area contributed by atoms with Crippen LogP contribution in [0.5, 0.6) is 0 Å². The van der Waals surface area contributed by atoms with Crippen LogP contribution in [0.3, 0.4) is 0 Å². The van der Waals surface area contributed by atoms with E-state index in [1.165, 1.54) is 4.90 Å². The SMILES string of the molecule is CN1CCC(C)(CNC(=O)N2CCSCC2C(=O)O)CC1. The molecule has 0 aromatic heterocycles. The van der Waals surface area contributed by atoms with Gasteiger partial charge in [0.15, 0.2) is 0 Å². The number of thioether (sulfide) groups is 1. The number of carboxylic acids is 1. The second kappa shape index (κ2) is 6.87. The number of piperidine rings is 1. The van der Waals surface area contributed by atoms with Crippen LogP contribution in [0.4, 0.5) is 4.79 Å². The van der Waals surface area contributed by atoms with Gasteiger partial charge in [0.2, 0.25) is 0 Å². The van der Waals surface area contributed by atoms with Gasteiger partial charge >= 0.3 is 12.0 Å². The lowest BCUT2D eigenvalue weighted by Crippen LogP contribution is -2.55. The predicted molar refractivity (Wildman–Crippen MR) is 83.7 cm³/mol. The summed E-state index contributed by atoms with van der Waals surface area (Å²) in [5.74, 6) is 0.368. The van der Waals surface area contributed by atoms with Gasteiger partial charge in [-0.15, -0.1) is 0 Å². The summed E-state index contributed by atoms with van der Waals surface area (Å²) in [6, 6.07) is -0.933. The van der Waals surface area contributed by atoms with E-state index in [2.05, 4.69) is 24.2 Å². The number of urea groups is 1. The van der Waals surface area contributed by atoms with Crippen molar-refractivity contribution in [3.05, 3.63) is 0 Å². The van der Waals surface area contributed by atoms with Crippen molar-refractivity contribution in [2.75, 3.05) is 44.7 Å². The maximum absolute atomic E-state index is 12.3. The number of aliphatic carboxylic acids is 1. The monoisotopic (exact) mass is 315 g/mol. The highest BCUT2D eigenvalue weighted by Crippen LogP contribution is 2.29. The number of likely N-dealkylation sites (tertiary alicyclic amines) is 1. The van der Waals surface area contributed by atoms with E-state index in [0.29, 0.717) is 18.8 Å². The number of hydrogen-bond donors (Lipinski definition) is 2. The third-order valence-electron chi connectivity index (χ3n) is 4.53. The molecule has 2 saturated heterocycles. The van der Waals surface area contributed by atoms with Gasteiger partial charge in [0, 0.05) is 24.6 Å². The van der Waals surface area contributed by atoms with Crippen LogP contribution in [-0.2, 0) is 4.79 Å². The molecule has 1 unspecified atom stereocenters. The third-order valence-corrected chi connectivity index (χ3v) is 5.56. The molecule has 7 heteroatoms. The Bertz CT molecular complexity index is 397. The Hall–Kier alpha value is -0.950. The normalized spacial score (nSPS) is 26.4. The average Bonchev–Trinajstić information content (AvgIpc) is 2.48. The fourth-order valence-electron chi connectivity index (χ4n) is 2.78. The third kappa shape index (κ3) is 4.26.